The van der Waals surface area contributed by atoms with Crippen LogP contribution in [0.1, 0.15) is 13.8 Å². The third-order valence-electron chi connectivity index (χ3n) is 3.15. The van der Waals surface area contributed by atoms with Crippen LogP contribution >= 0.6 is 13.5 Å². The molecule has 114 valence electrons. The first-order valence-corrected chi connectivity index (χ1v) is 4.91. The van der Waals surface area contributed by atoms with Crippen molar-refractivity contribution in [3.8, 4) is 0 Å². The molecular weight excluding hydrogens is 278 g/mol. The van der Waals surface area contributed by atoms with Crippen molar-refractivity contribution in [3.05, 3.63) is 11.8 Å². The lowest BCUT2D eigenvalue weighted by Crippen LogP contribution is -2.63. The Morgan fingerprint density at radius 3 is 2.21 bits per heavy atom. The summed E-state index contributed by atoms with van der Waals surface area (Å²) >= 11 is 0. The molecule has 0 aromatic rings. The molecule has 1 fully saturated rings. The van der Waals surface area contributed by atoms with Gasteiger partial charge in [0.25, 0.3) is 0 Å². The number of carboxylic acids is 1. The maximum absolute atomic E-state index is 11.6. The van der Waals surface area contributed by atoms with Crippen LogP contribution in [0.5, 0.6) is 0 Å². The molecule has 8 nitrogen and oxygen atoms in total. The van der Waals surface area contributed by atoms with E-state index in [0.29, 0.717) is 0 Å². The van der Waals surface area contributed by atoms with Crippen LogP contribution in [-0.4, -0.2) is 55.6 Å². The molecule has 0 radical (unpaired) electrons. The number of hydrogen-bond acceptors (Lipinski definition) is 3. The fourth-order valence-corrected chi connectivity index (χ4v) is 2.47. The monoisotopic (exact) mass is 299 g/mol. The molecule has 1 saturated heterocycles. The van der Waals surface area contributed by atoms with Gasteiger partial charge in [0.05, 0.1) is 18.1 Å². The average Bonchev–Trinajstić information content (AvgIpc) is 2.38. The summed E-state index contributed by atoms with van der Waals surface area (Å²) in [4.78, 5) is 23.7. The van der Waals surface area contributed by atoms with Crippen molar-refractivity contribution in [1.29, 1.82) is 0 Å². The van der Waals surface area contributed by atoms with Crippen molar-refractivity contribution in [2.75, 3.05) is 0 Å². The minimum atomic E-state index is -1.08. The van der Waals surface area contributed by atoms with Crippen LogP contribution in [0.4, 0.5) is 0 Å². The van der Waals surface area contributed by atoms with E-state index in [-0.39, 0.29) is 53.5 Å². The highest BCUT2D eigenvalue weighted by Gasteiger charge is 2.57. The molecule has 0 aromatic heterocycles. The van der Waals surface area contributed by atoms with E-state index < -0.39 is 18.0 Å². The van der Waals surface area contributed by atoms with Gasteiger partial charge in [0.15, 0.2) is 0 Å². The van der Waals surface area contributed by atoms with Crippen molar-refractivity contribution >= 4 is 25.4 Å². The zero-order valence-electron chi connectivity index (χ0n) is 10.5. The van der Waals surface area contributed by atoms with Crippen LogP contribution in [0.25, 0.3) is 0 Å². The predicted molar refractivity (Wildman–Crippen MR) is 71.9 cm³/mol. The third-order valence-corrected chi connectivity index (χ3v) is 3.15. The van der Waals surface area contributed by atoms with Gasteiger partial charge in [-0.25, -0.2) is 4.79 Å². The lowest BCUT2D eigenvalue weighted by molar-refractivity contribution is -0.163. The van der Waals surface area contributed by atoms with Crippen molar-refractivity contribution in [1.82, 2.24) is 4.90 Å². The molecule has 0 aliphatic carbocycles. The van der Waals surface area contributed by atoms with Crippen molar-refractivity contribution in [2.45, 2.75) is 26.0 Å². The molecule has 9 heteroatoms. The lowest BCUT2D eigenvalue weighted by Gasteiger charge is -2.46. The van der Waals surface area contributed by atoms with Gasteiger partial charge in [0.1, 0.15) is 5.70 Å². The number of carbonyl (C=O) groups is 2. The molecule has 1 amide bonds. The number of rotatable bonds is 2. The molecule has 0 aromatic carbocycles. The highest BCUT2D eigenvalue weighted by molar-refractivity contribution is 7.59. The summed E-state index contributed by atoms with van der Waals surface area (Å²) in [7, 11) is 0. The van der Waals surface area contributed by atoms with Gasteiger partial charge in [-0.15, -0.1) is 0 Å². The van der Waals surface area contributed by atoms with Crippen LogP contribution < -0.4 is 0 Å². The standard InChI is InChI=1S/C10H13NO4.3H2O.H2S/c1-4-3-6(10(14)15)11-8(4)7(5(2)12)9(11)13;;;;/h3-5,7-8,12H,1-2H3,(H,14,15);4*1H2/t4?,5-,7?,8?;;;;/m1..../s1. The summed E-state index contributed by atoms with van der Waals surface area (Å²) < 4.78 is 0. The first kappa shape index (κ1) is 23.0. The first-order valence-electron chi connectivity index (χ1n) is 4.91. The second kappa shape index (κ2) is 7.46. The summed E-state index contributed by atoms with van der Waals surface area (Å²) in [6.07, 6.45) is 0.857. The lowest BCUT2D eigenvalue weighted by atomic mass is 9.79. The number of hydrogen-bond donors (Lipinski definition) is 2. The summed E-state index contributed by atoms with van der Waals surface area (Å²) in [6, 6.07) is -0.177. The van der Waals surface area contributed by atoms with Gasteiger partial charge in [-0.2, -0.15) is 13.5 Å². The molecule has 2 rings (SSSR count). The second-order valence-electron chi connectivity index (χ2n) is 4.18. The number of amides is 1. The minimum absolute atomic E-state index is 0. The van der Waals surface area contributed by atoms with E-state index in [1.165, 1.54) is 4.90 Å². The van der Waals surface area contributed by atoms with E-state index >= 15 is 0 Å². The number of β-lactam (4-membered cyclic amide) rings is 1. The number of aliphatic hydroxyl groups excluding tert-OH is 1. The molecule has 3 unspecified atom stereocenters. The van der Waals surface area contributed by atoms with Gasteiger partial charge in [-0.05, 0) is 18.9 Å². The molecule has 2 aliphatic heterocycles. The Balaban J connectivity index is -0.000000640. The van der Waals surface area contributed by atoms with Crippen LogP contribution in [-0.2, 0) is 9.59 Å². The molecule has 4 atom stereocenters. The number of nitrogens with zero attached hydrogens (tertiary/aromatic N) is 1. The van der Waals surface area contributed by atoms with Gasteiger partial charge < -0.3 is 31.5 Å². The molecule has 19 heavy (non-hydrogen) atoms. The summed E-state index contributed by atoms with van der Waals surface area (Å²) in [6.45, 7) is 3.42. The van der Waals surface area contributed by atoms with Crippen LogP contribution in [0.2, 0.25) is 0 Å². The summed E-state index contributed by atoms with van der Waals surface area (Å²) in [5.41, 5.74) is 0.0504. The van der Waals surface area contributed by atoms with Gasteiger partial charge >= 0.3 is 5.97 Å². The maximum Gasteiger partial charge on any atom is 0.352 e. The first-order chi connectivity index (χ1) is 6.95. The zero-order chi connectivity index (χ0) is 11.3. The van der Waals surface area contributed by atoms with Crippen LogP contribution in [0, 0.1) is 11.8 Å². The Morgan fingerprint density at radius 1 is 1.37 bits per heavy atom. The number of fused-ring (bicyclic) bond motifs is 1. The van der Waals surface area contributed by atoms with Crippen LogP contribution in [0.3, 0.4) is 0 Å². The fraction of sp³-hybridized carbons (Fsp3) is 0.600. The quantitative estimate of drug-likeness (QED) is 0.534. The Kier molecular flexibility index (Phi) is 9.03. The predicted octanol–water partition coefficient (Wildman–Crippen LogP) is -2.55. The molecule has 0 spiro atoms. The van der Waals surface area contributed by atoms with Crippen LogP contribution in [0.15, 0.2) is 11.8 Å². The summed E-state index contributed by atoms with van der Waals surface area (Å²) in [5, 5.41) is 18.3. The number of carbonyl (C=O) groups excluding carboxylic acids is 1. The molecule has 0 bridgehead atoms. The van der Waals surface area contributed by atoms with E-state index in [9.17, 15) is 14.7 Å². The molecular formula is C10H21NO7S. The van der Waals surface area contributed by atoms with E-state index in [1.807, 2.05) is 6.92 Å². The fourth-order valence-electron chi connectivity index (χ4n) is 2.47. The highest BCUT2D eigenvalue weighted by atomic mass is 32.1. The SMILES string of the molecule is CC1C=C(C(=O)O)N2C(=O)C([C@@H](C)O)C12.O.O.O.S. The number of carboxylic acid groups (broad SMARTS) is 1. The van der Waals surface area contributed by atoms with E-state index in [2.05, 4.69) is 0 Å². The van der Waals surface area contributed by atoms with Gasteiger partial charge in [0.2, 0.25) is 5.91 Å². The van der Waals surface area contributed by atoms with E-state index in [1.54, 1.807) is 13.0 Å². The van der Waals surface area contributed by atoms with Crippen molar-refractivity contribution < 1.29 is 36.2 Å². The third kappa shape index (κ3) is 3.07. The van der Waals surface area contributed by atoms with Crippen molar-refractivity contribution in [2.24, 2.45) is 11.8 Å². The van der Waals surface area contributed by atoms with Crippen molar-refractivity contribution in [3.63, 3.8) is 0 Å². The smallest absolute Gasteiger partial charge is 0.352 e. The Morgan fingerprint density at radius 2 is 1.84 bits per heavy atom. The largest absolute Gasteiger partial charge is 0.477 e. The minimum Gasteiger partial charge on any atom is -0.477 e. The molecule has 2 aliphatic rings. The van der Waals surface area contributed by atoms with Gasteiger partial charge in [-0.3, -0.25) is 4.79 Å². The molecule has 0 saturated carbocycles. The van der Waals surface area contributed by atoms with Gasteiger partial charge in [0, 0.05) is 0 Å². The van der Waals surface area contributed by atoms with E-state index in [4.69, 9.17) is 5.11 Å². The topological polar surface area (TPSA) is 172 Å². The Hall–Kier alpha value is -1.13. The molecule has 2 heterocycles. The highest BCUT2D eigenvalue weighted by Crippen LogP contribution is 2.43. The Labute approximate surface area is 117 Å². The Bertz CT molecular complexity index is 371. The molecule has 8 N–H and O–H groups in total. The number of aliphatic carboxylic acids is 1. The zero-order valence-corrected chi connectivity index (χ0v) is 11.5. The normalized spacial score (nSPS) is 28.2. The average molecular weight is 299 g/mol. The van der Waals surface area contributed by atoms with Gasteiger partial charge in [-0.1, -0.05) is 6.92 Å². The van der Waals surface area contributed by atoms with E-state index in [0.717, 1.165) is 0 Å². The maximum atomic E-state index is 11.6. The second-order valence-corrected chi connectivity index (χ2v) is 4.18. The number of aliphatic hydroxyl groups is 1. The summed E-state index contributed by atoms with van der Waals surface area (Å²) in [5.74, 6) is -1.82.